The molecule has 0 aliphatic carbocycles. The summed E-state index contributed by atoms with van der Waals surface area (Å²) < 4.78 is 5.22. The van der Waals surface area contributed by atoms with Gasteiger partial charge in [-0.05, 0) is 43.5 Å². The molecule has 0 aliphatic heterocycles. The summed E-state index contributed by atoms with van der Waals surface area (Å²) in [7, 11) is 0. The van der Waals surface area contributed by atoms with E-state index in [0.717, 1.165) is 5.56 Å². The molecule has 2 rings (SSSR count). The number of hydrogen-bond acceptors (Lipinski definition) is 5. The maximum absolute atomic E-state index is 12.5. The van der Waals surface area contributed by atoms with Crippen molar-refractivity contribution in [3.8, 4) is 0 Å². The molecule has 1 unspecified atom stereocenters. The van der Waals surface area contributed by atoms with Gasteiger partial charge in [0, 0.05) is 24.5 Å². The highest BCUT2D eigenvalue weighted by Gasteiger charge is 2.37. The van der Waals surface area contributed by atoms with Crippen LogP contribution in [0.5, 0.6) is 0 Å². The van der Waals surface area contributed by atoms with Gasteiger partial charge in [0.15, 0.2) is 0 Å². The van der Waals surface area contributed by atoms with Gasteiger partial charge >= 0.3 is 5.97 Å². The molecule has 120 valence electrons. The summed E-state index contributed by atoms with van der Waals surface area (Å²) in [6, 6.07) is 9.69. The predicted octanol–water partition coefficient (Wildman–Crippen LogP) is 3.05. The van der Waals surface area contributed by atoms with Gasteiger partial charge in [0.1, 0.15) is 0 Å². The molecule has 0 N–H and O–H groups in total. The number of non-ortho nitro benzene ring substituents is 1. The molecular formula is C17H18N2O4. The molecule has 1 atom stereocenters. The normalized spacial score (nSPS) is 13.1. The minimum atomic E-state index is -0.924. The fraction of sp³-hybridized carbons (Fsp3) is 0.294. The summed E-state index contributed by atoms with van der Waals surface area (Å²) in [5, 5.41) is 10.8. The number of benzene rings is 1. The first-order valence-corrected chi connectivity index (χ1v) is 7.28. The molecule has 0 saturated carbocycles. The Bertz CT molecular complexity index is 685. The Morgan fingerprint density at radius 1 is 1.22 bits per heavy atom. The van der Waals surface area contributed by atoms with Gasteiger partial charge in [0.05, 0.1) is 16.9 Å². The molecule has 0 fully saturated rings. The highest BCUT2D eigenvalue weighted by Crippen LogP contribution is 2.31. The van der Waals surface area contributed by atoms with Crippen molar-refractivity contribution in [2.24, 2.45) is 0 Å². The molecule has 0 aliphatic rings. The van der Waals surface area contributed by atoms with E-state index in [-0.39, 0.29) is 18.3 Å². The van der Waals surface area contributed by atoms with Crippen molar-refractivity contribution >= 4 is 11.7 Å². The van der Waals surface area contributed by atoms with Crippen LogP contribution in [0.15, 0.2) is 48.8 Å². The second-order valence-electron chi connectivity index (χ2n) is 5.39. The summed E-state index contributed by atoms with van der Waals surface area (Å²) in [5.74, 6) is -0.356. The Kier molecular flexibility index (Phi) is 5.05. The lowest BCUT2D eigenvalue weighted by molar-refractivity contribution is -0.384. The van der Waals surface area contributed by atoms with Crippen LogP contribution < -0.4 is 0 Å². The van der Waals surface area contributed by atoms with Crippen LogP contribution in [0, 0.1) is 10.1 Å². The number of pyridine rings is 1. The highest BCUT2D eigenvalue weighted by molar-refractivity contribution is 5.83. The van der Waals surface area contributed by atoms with Crippen molar-refractivity contribution in [1.82, 2.24) is 4.98 Å². The number of nitro benzene ring substituents is 1. The van der Waals surface area contributed by atoms with E-state index in [1.165, 1.54) is 12.1 Å². The summed E-state index contributed by atoms with van der Waals surface area (Å²) in [4.78, 5) is 26.8. The van der Waals surface area contributed by atoms with E-state index in [1.807, 2.05) is 12.1 Å². The number of ether oxygens (including phenoxy) is 1. The fourth-order valence-electron chi connectivity index (χ4n) is 2.44. The zero-order valence-corrected chi connectivity index (χ0v) is 13.1. The first kappa shape index (κ1) is 16.6. The van der Waals surface area contributed by atoms with Crippen LogP contribution in [-0.2, 0) is 21.4 Å². The van der Waals surface area contributed by atoms with E-state index in [0.29, 0.717) is 12.0 Å². The van der Waals surface area contributed by atoms with E-state index >= 15 is 0 Å². The van der Waals surface area contributed by atoms with Crippen molar-refractivity contribution < 1.29 is 14.5 Å². The average molecular weight is 314 g/mol. The van der Waals surface area contributed by atoms with E-state index in [9.17, 15) is 14.9 Å². The van der Waals surface area contributed by atoms with E-state index in [2.05, 4.69) is 4.98 Å². The van der Waals surface area contributed by atoms with Crippen LogP contribution in [0.3, 0.4) is 0 Å². The summed E-state index contributed by atoms with van der Waals surface area (Å²) in [6.45, 7) is 3.81. The molecule has 1 aromatic carbocycles. The van der Waals surface area contributed by atoms with Gasteiger partial charge < -0.3 is 4.74 Å². The van der Waals surface area contributed by atoms with E-state index in [4.69, 9.17) is 4.74 Å². The van der Waals surface area contributed by atoms with Gasteiger partial charge in [-0.15, -0.1) is 0 Å². The highest BCUT2D eigenvalue weighted by atomic mass is 16.6. The Hall–Kier alpha value is -2.76. The van der Waals surface area contributed by atoms with Crippen molar-refractivity contribution in [1.29, 1.82) is 0 Å². The van der Waals surface area contributed by atoms with Crippen molar-refractivity contribution in [2.75, 3.05) is 6.61 Å². The zero-order chi connectivity index (χ0) is 16.9. The molecular weight excluding hydrogens is 296 g/mol. The first-order valence-electron chi connectivity index (χ1n) is 7.28. The molecule has 23 heavy (non-hydrogen) atoms. The van der Waals surface area contributed by atoms with Crippen molar-refractivity contribution in [2.45, 2.75) is 25.7 Å². The van der Waals surface area contributed by atoms with Gasteiger partial charge in [-0.1, -0.05) is 12.1 Å². The molecule has 1 aromatic heterocycles. The van der Waals surface area contributed by atoms with E-state index < -0.39 is 10.3 Å². The minimum absolute atomic E-state index is 0.0103. The lowest BCUT2D eigenvalue weighted by Gasteiger charge is -2.28. The van der Waals surface area contributed by atoms with Gasteiger partial charge in [-0.2, -0.15) is 0 Å². The molecule has 0 saturated heterocycles. The molecule has 6 heteroatoms. The minimum Gasteiger partial charge on any atom is -0.465 e. The van der Waals surface area contributed by atoms with Crippen LogP contribution in [0.2, 0.25) is 0 Å². The zero-order valence-electron chi connectivity index (χ0n) is 13.1. The van der Waals surface area contributed by atoms with Crippen LogP contribution in [-0.4, -0.2) is 22.5 Å². The predicted molar refractivity (Wildman–Crippen MR) is 85.0 cm³/mol. The van der Waals surface area contributed by atoms with Gasteiger partial charge in [0.25, 0.3) is 5.69 Å². The number of hydrogen-bond donors (Lipinski definition) is 0. The smallest absolute Gasteiger partial charge is 0.316 e. The second-order valence-corrected chi connectivity index (χ2v) is 5.39. The van der Waals surface area contributed by atoms with Crippen LogP contribution in [0.1, 0.15) is 25.0 Å². The molecule has 0 amide bonds. The Labute approximate surface area is 134 Å². The van der Waals surface area contributed by atoms with Gasteiger partial charge in [-0.25, -0.2) is 0 Å². The van der Waals surface area contributed by atoms with Crippen LogP contribution in [0.25, 0.3) is 0 Å². The topological polar surface area (TPSA) is 82.3 Å². The maximum atomic E-state index is 12.5. The second kappa shape index (κ2) is 7.00. The molecule has 0 spiro atoms. The van der Waals surface area contributed by atoms with Gasteiger partial charge in [-0.3, -0.25) is 19.9 Å². The molecule has 6 nitrogen and oxygen atoms in total. The number of aromatic nitrogens is 1. The first-order chi connectivity index (χ1) is 11.0. The number of carbonyl (C=O) groups excluding carboxylic acids is 1. The van der Waals surface area contributed by atoms with E-state index in [1.54, 1.807) is 38.4 Å². The number of carbonyl (C=O) groups is 1. The standard InChI is InChI=1S/C17H18N2O4/c1-3-23-16(20)17(2,12-13-8-10-18-11-9-13)14-4-6-15(7-5-14)19(21)22/h4-11H,3,12H2,1-2H3. The monoisotopic (exact) mass is 314 g/mol. The Morgan fingerprint density at radius 2 is 1.83 bits per heavy atom. The van der Waals surface area contributed by atoms with Crippen LogP contribution >= 0.6 is 0 Å². The summed E-state index contributed by atoms with van der Waals surface area (Å²) in [6.07, 6.45) is 3.75. The Morgan fingerprint density at radius 3 is 2.35 bits per heavy atom. The lowest BCUT2D eigenvalue weighted by atomic mass is 9.77. The third-order valence-corrected chi connectivity index (χ3v) is 3.75. The molecule has 0 bridgehead atoms. The average Bonchev–Trinajstić information content (AvgIpc) is 2.56. The molecule has 1 heterocycles. The third kappa shape index (κ3) is 3.71. The quantitative estimate of drug-likeness (QED) is 0.465. The number of esters is 1. The number of nitro groups is 1. The molecule has 0 radical (unpaired) electrons. The van der Waals surface area contributed by atoms with Crippen molar-refractivity contribution in [3.05, 3.63) is 70.0 Å². The van der Waals surface area contributed by atoms with Crippen molar-refractivity contribution in [3.63, 3.8) is 0 Å². The summed E-state index contributed by atoms with van der Waals surface area (Å²) >= 11 is 0. The third-order valence-electron chi connectivity index (χ3n) is 3.75. The fourth-order valence-corrected chi connectivity index (χ4v) is 2.44. The van der Waals surface area contributed by atoms with Crippen LogP contribution in [0.4, 0.5) is 5.69 Å². The maximum Gasteiger partial charge on any atom is 0.316 e. The lowest BCUT2D eigenvalue weighted by Crippen LogP contribution is -2.36. The largest absolute Gasteiger partial charge is 0.465 e. The molecule has 2 aromatic rings. The SMILES string of the molecule is CCOC(=O)C(C)(Cc1ccncc1)c1ccc([N+](=O)[O-])cc1. The number of rotatable bonds is 6. The van der Waals surface area contributed by atoms with Gasteiger partial charge in [0.2, 0.25) is 0 Å². The number of nitrogens with zero attached hydrogens (tertiary/aromatic N) is 2. The summed E-state index contributed by atoms with van der Waals surface area (Å²) in [5.41, 5.74) is 0.683. The Balaban J connectivity index is 2.40.